The molecule has 1 aliphatic rings. The van der Waals surface area contributed by atoms with Crippen LogP contribution in [0.5, 0.6) is 0 Å². The molecule has 6 N–H and O–H groups in total. The smallest absolute Gasteiger partial charge is 0.307 e. The van der Waals surface area contributed by atoms with E-state index in [0.717, 1.165) is 31.1 Å². The molecule has 0 aromatic carbocycles. The maximum atomic E-state index is 11.0. The van der Waals surface area contributed by atoms with Crippen LogP contribution in [0.4, 0.5) is 0 Å². The second-order valence-corrected chi connectivity index (χ2v) is 11.4. The second-order valence-electron chi connectivity index (χ2n) is 11.4. The molecule has 196 valence electrons. The van der Waals surface area contributed by atoms with Crippen molar-refractivity contribution in [1.29, 1.82) is 0 Å². The third kappa shape index (κ3) is 15.4. The molecule has 0 aromatic rings. The minimum absolute atomic E-state index is 0.0807. The van der Waals surface area contributed by atoms with Crippen molar-refractivity contribution in [3.05, 3.63) is 0 Å². The van der Waals surface area contributed by atoms with Crippen LogP contribution in [-0.2, 0) is 9.59 Å². The average molecular weight is 471 g/mol. The van der Waals surface area contributed by atoms with Gasteiger partial charge in [-0.1, -0.05) is 92.4 Å². The van der Waals surface area contributed by atoms with E-state index >= 15 is 0 Å². The number of hydrogen-bond donors (Lipinski definition) is 4. The Kier molecular flexibility index (Phi) is 16.7. The summed E-state index contributed by atoms with van der Waals surface area (Å²) in [4.78, 5) is 21.9. The van der Waals surface area contributed by atoms with Gasteiger partial charge in [-0.2, -0.15) is 0 Å². The Bertz CT molecular complexity index is 530. The predicted octanol–water partition coefficient (Wildman–Crippen LogP) is 5.92. The molecule has 33 heavy (non-hydrogen) atoms. The fraction of sp³-hybridized carbons (Fsp3) is 0.926. The van der Waals surface area contributed by atoms with E-state index in [1.54, 1.807) is 0 Å². The quantitative estimate of drug-likeness (QED) is 0.222. The van der Waals surface area contributed by atoms with Crippen molar-refractivity contribution in [2.24, 2.45) is 46.5 Å². The van der Waals surface area contributed by atoms with Gasteiger partial charge in [-0.3, -0.25) is 9.59 Å². The standard InChI is InChI=1S/C14H27NO2.C13H27NO2/c1-2-11(9-13(10-15)14(16)17)7-8-12-5-3-4-6-12;1-10(2)6-5-7-13(3,4)8-11(9-14)12(15)16/h11-13H,2-10,15H2,1H3,(H,16,17);10-11H,5-9,14H2,1-4H3,(H,15,16)/t11-,13+;/m0./s1. The zero-order chi connectivity index (χ0) is 25.4. The molecular weight excluding hydrogens is 416 g/mol. The number of aliphatic carboxylic acids is 2. The molecule has 3 atom stereocenters. The molecule has 1 fully saturated rings. The summed E-state index contributed by atoms with van der Waals surface area (Å²) in [6.45, 7) is 11.4. The molecule has 1 unspecified atom stereocenters. The van der Waals surface area contributed by atoms with Crippen LogP contribution < -0.4 is 11.5 Å². The molecule has 0 saturated heterocycles. The van der Waals surface area contributed by atoms with Crippen LogP contribution >= 0.6 is 0 Å². The van der Waals surface area contributed by atoms with Crippen molar-refractivity contribution in [2.45, 2.75) is 112 Å². The average Bonchev–Trinajstić information content (AvgIpc) is 3.25. The lowest BCUT2D eigenvalue weighted by Gasteiger charge is -2.27. The highest BCUT2D eigenvalue weighted by Gasteiger charge is 2.26. The molecule has 0 aliphatic heterocycles. The summed E-state index contributed by atoms with van der Waals surface area (Å²) in [5, 5.41) is 18.0. The summed E-state index contributed by atoms with van der Waals surface area (Å²) in [5.41, 5.74) is 11.1. The first-order chi connectivity index (χ1) is 15.4. The Morgan fingerprint density at radius 2 is 1.52 bits per heavy atom. The Morgan fingerprint density at radius 3 is 1.94 bits per heavy atom. The van der Waals surface area contributed by atoms with Crippen molar-refractivity contribution in [3.63, 3.8) is 0 Å². The Hall–Kier alpha value is -1.14. The minimum Gasteiger partial charge on any atom is -0.481 e. The van der Waals surface area contributed by atoms with Crippen molar-refractivity contribution < 1.29 is 19.8 Å². The summed E-state index contributed by atoms with van der Waals surface area (Å²) in [7, 11) is 0. The molecule has 6 nitrogen and oxygen atoms in total. The van der Waals surface area contributed by atoms with Crippen LogP contribution in [-0.4, -0.2) is 35.2 Å². The van der Waals surface area contributed by atoms with Gasteiger partial charge in [0.25, 0.3) is 0 Å². The maximum Gasteiger partial charge on any atom is 0.307 e. The molecule has 0 aromatic heterocycles. The van der Waals surface area contributed by atoms with E-state index in [-0.39, 0.29) is 24.4 Å². The fourth-order valence-corrected chi connectivity index (χ4v) is 4.99. The SMILES string of the molecule is CC(C)CCCC(C)(C)CC(CN)C(=O)O.CC[C@@H](CCC1CCCC1)C[C@H](CN)C(=O)O. The van der Waals surface area contributed by atoms with Crippen LogP contribution in [0.2, 0.25) is 0 Å². The lowest BCUT2D eigenvalue weighted by atomic mass is 9.78. The van der Waals surface area contributed by atoms with Crippen LogP contribution in [0.15, 0.2) is 0 Å². The van der Waals surface area contributed by atoms with Gasteiger partial charge in [-0.15, -0.1) is 0 Å². The van der Waals surface area contributed by atoms with Gasteiger partial charge in [-0.25, -0.2) is 0 Å². The summed E-state index contributed by atoms with van der Waals surface area (Å²) in [5.74, 6) is -0.0603. The highest BCUT2D eigenvalue weighted by atomic mass is 16.4. The van der Waals surface area contributed by atoms with Gasteiger partial charge < -0.3 is 21.7 Å². The van der Waals surface area contributed by atoms with Gasteiger partial charge in [-0.05, 0) is 42.4 Å². The molecule has 6 heteroatoms. The van der Waals surface area contributed by atoms with Crippen LogP contribution in [0, 0.1) is 35.0 Å². The molecular formula is C27H54N2O4. The third-order valence-corrected chi connectivity index (χ3v) is 7.35. The van der Waals surface area contributed by atoms with Crippen molar-refractivity contribution >= 4 is 11.9 Å². The van der Waals surface area contributed by atoms with E-state index < -0.39 is 17.9 Å². The lowest BCUT2D eigenvalue weighted by molar-refractivity contribution is -0.143. The normalized spacial score (nSPS) is 17.3. The second kappa shape index (κ2) is 17.3. The Morgan fingerprint density at radius 1 is 0.970 bits per heavy atom. The van der Waals surface area contributed by atoms with Crippen molar-refractivity contribution in [2.75, 3.05) is 13.1 Å². The Labute approximate surface area is 203 Å². The van der Waals surface area contributed by atoms with E-state index in [9.17, 15) is 9.59 Å². The summed E-state index contributed by atoms with van der Waals surface area (Å²) >= 11 is 0. The van der Waals surface area contributed by atoms with Gasteiger partial charge in [0.2, 0.25) is 0 Å². The topological polar surface area (TPSA) is 127 Å². The van der Waals surface area contributed by atoms with E-state index in [0.29, 0.717) is 12.3 Å². The first-order valence-corrected chi connectivity index (χ1v) is 13.3. The molecule has 1 saturated carbocycles. The summed E-state index contributed by atoms with van der Waals surface area (Å²) in [6.07, 6.45) is 14.0. The lowest BCUT2D eigenvalue weighted by Crippen LogP contribution is -2.29. The van der Waals surface area contributed by atoms with Crippen molar-refractivity contribution in [3.8, 4) is 0 Å². The number of carbonyl (C=O) groups is 2. The van der Waals surface area contributed by atoms with Crippen LogP contribution in [0.25, 0.3) is 0 Å². The monoisotopic (exact) mass is 470 g/mol. The molecule has 0 spiro atoms. The van der Waals surface area contributed by atoms with Gasteiger partial charge >= 0.3 is 11.9 Å². The third-order valence-electron chi connectivity index (χ3n) is 7.35. The molecule has 1 rings (SSSR count). The van der Waals surface area contributed by atoms with Gasteiger partial charge in [0.1, 0.15) is 0 Å². The first kappa shape index (κ1) is 31.9. The Balaban J connectivity index is 0.000000622. The number of carboxylic acids is 2. The molecule has 0 bridgehead atoms. The predicted molar refractivity (Wildman–Crippen MR) is 137 cm³/mol. The molecule has 0 heterocycles. The highest BCUT2D eigenvalue weighted by Crippen LogP contribution is 2.32. The molecule has 0 amide bonds. The fourth-order valence-electron chi connectivity index (χ4n) is 4.99. The highest BCUT2D eigenvalue weighted by molar-refractivity contribution is 5.70. The summed E-state index contributed by atoms with van der Waals surface area (Å²) < 4.78 is 0. The van der Waals surface area contributed by atoms with E-state index in [2.05, 4.69) is 34.6 Å². The maximum absolute atomic E-state index is 11.0. The minimum atomic E-state index is -0.764. The number of hydrogen-bond acceptors (Lipinski definition) is 4. The largest absolute Gasteiger partial charge is 0.481 e. The van der Waals surface area contributed by atoms with Crippen molar-refractivity contribution in [1.82, 2.24) is 0 Å². The van der Waals surface area contributed by atoms with E-state index in [1.165, 1.54) is 51.4 Å². The van der Waals surface area contributed by atoms with Crippen LogP contribution in [0.1, 0.15) is 112 Å². The van der Waals surface area contributed by atoms with Crippen LogP contribution in [0.3, 0.4) is 0 Å². The molecule has 1 aliphatic carbocycles. The van der Waals surface area contributed by atoms with Gasteiger partial charge in [0.15, 0.2) is 0 Å². The van der Waals surface area contributed by atoms with Gasteiger partial charge in [0, 0.05) is 13.1 Å². The zero-order valence-electron chi connectivity index (χ0n) is 22.2. The zero-order valence-corrected chi connectivity index (χ0v) is 22.2. The van der Waals surface area contributed by atoms with E-state index in [1.807, 2.05) is 0 Å². The molecule has 0 radical (unpaired) electrons. The van der Waals surface area contributed by atoms with E-state index in [4.69, 9.17) is 21.7 Å². The number of rotatable bonds is 16. The number of nitrogens with two attached hydrogens (primary N) is 2. The number of carboxylic acid groups (broad SMARTS) is 2. The van der Waals surface area contributed by atoms with Gasteiger partial charge in [0.05, 0.1) is 11.8 Å². The first-order valence-electron chi connectivity index (χ1n) is 13.3. The summed E-state index contributed by atoms with van der Waals surface area (Å²) in [6, 6.07) is 0.